The van der Waals surface area contributed by atoms with E-state index in [0.717, 1.165) is 6.07 Å². The number of benzene rings is 1. The second-order valence-electron chi connectivity index (χ2n) is 9.61. The molecule has 0 aliphatic carbocycles. The van der Waals surface area contributed by atoms with Crippen molar-refractivity contribution in [3.8, 4) is 0 Å². The first kappa shape index (κ1) is 26.1. The molecule has 2 amide bonds. The molecule has 4 rings (SSSR count). The fourth-order valence-electron chi connectivity index (χ4n) is 3.92. The average molecular weight is 532 g/mol. The minimum atomic E-state index is -0.884. The summed E-state index contributed by atoms with van der Waals surface area (Å²) in [6, 6.07) is 3.28. The van der Waals surface area contributed by atoms with Crippen molar-refractivity contribution in [2.75, 3.05) is 29.5 Å². The Hall–Kier alpha value is -3.93. The van der Waals surface area contributed by atoms with Crippen LogP contribution in [0, 0.1) is 11.2 Å². The first-order valence-corrected chi connectivity index (χ1v) is 11.9. The molecule has 1 aliphatic heterocycles. The van der Waals surface area contributed by atoms with Gasteiger partial charge in [0, 0.05) is 25.2 Å². The zero-order valence-electron chi connectivity index (χ0n) is 20.5. The van der Waals surface area contributed by atoms with Gasteiger partial charge in [0.25, 0.3) is 5.91 Å². The molecule has 0 saturated carbocycles. The van der Waals surface area contributed by atoms with Gasteiger partial charge in [0.05, 0.1) is 22.5 Å². The maximum absolute atomic E-state index is 13.4. The summed E-state index contributed by atoms with van der Waals surface area (Å²) < 4.78 is 24.3. The molecule has 1 fully saturated rings. The predicted octanol–water partition coefficient (Wildman–Crippen LogP) is 4.42. The van der Waals surface area contributed by atoms with Gasteiger partial charge in [0.15, 0.2) is 5.58 Å². The first-order chi connectivity index (χ1) is 17.4. The van der Waals surface area contributed by atoms with E-state index in [0.29, 0.717) is 25.9 Å². The van der Waals surface area contributed by atoms with Crippen LogP contribution in [0.4, 0.5) is 26.7 Å². The Morgan fingerprint density at radius 2 is 2.11 bits per heavy atom. The summed E-state index contributed by atoms with van der Waals surface area (Å²) >= 11 is 6.40. The summed E-state index contributed by atoms with van der Waals surface area (Å²) in [4.78, 5) is 35.1. The quantitative estimate of drug-likeness (QED) is 0.352. The molecule has 5 N–H and O–H groups in total. The number of fused-ring (bicyclic) bond motifs is 1. The standard InChI is InChI=1S/C24H27ClFN7O4/c1-24(2,3)37-23(35)33-8-4-5-13(11-33)30-19-14(25)10-29-20(28)17(19)18(27)21(34)32-22-31-15-9-12(26)6-7-16(15)36-22/h6-7,9-10,13,27H,4-5,8,11H2,1-3H3,(H3,28,29,30)(H,31,32,34). The number of rotatable bonds is 5. The van der Waals surface area contributed by atoms with E-state index in [-0.39, 0.29) is 45.2 Å². The number of piperidine rings is 1. The lowest BCUT2D eigenvalue weighted by Gasteiger charge is -2.35. The summed E-state index contributed by atoms with van der Waals surface area (Å²) in [6.07, 6.45) is 2.30. The molecular weight excluding hydrogens is 505 g/mol. The zero-order chi connectivity index (χ0) is 26.9. The van der Waals surface area contributed by atoms with Crippen LogP contribution in [0.3, 0.4) is 0 Å². The number of anilines is 3. The minimum absolute atomic E-state index is 0.0125. The third kappa shape index (κ3) is 6.08. The smallest absolute Gasteiger partial charge is 0.410 e. The largest absolute Gasteiger partial charge is 0.444 e. The molecule has 1 unspecified atom stereocenters. The van der Waals surface area contributed by atoms with Crippen LogP contribution in [0.2, 0.25) is 5.02 Å². The number of carbonyl (C=O) groups is 2. The molecule has 1 saturated heterocycles. The Labute approximate surface area is 217 Å². The SMILES string of the molecule is CC(C)(C)OC(=O)N1CCCC(Nc2c(Cl)cnc(N)c2C(=N)C(=O)Nc2nc3cc(F)ccc3o2)C1. The van der Waals surface area contributed by atoms with E-state index >= 15 is 0 Å². The maximum Gasteiger partial charge on any atom is 0.410 e. The number of ether oxygens (including phenoxy) is 1. The van der Waals surface area contributed by atoms with Crippen molar-refractivity contribution >= 4 is 57.9 Å². The van der Waals surface area contributed by atoms with E-state index in [1.54, 1.807) is 25.7 Å². The summed E-state index contributed by atoms with van der Waals surface area (Å²) in [7, 11) is 0. The van der Waals surface area contributed by atoms with Gasteiger partial charge in [-0.05, 0) is 45.7 Å². The van der Waals surface area contributed by atoms with Crippen LogP contribution in [0.5, 0.6) is 0 Å². The molecule has 11 nitrogen and oxygen atoms in total. The molecule has 13 heteroatoms. The van der Waals surface area contributed by atoms with Crippen molar-refractivity contribution in [3.63, 3.8) is 0 Å². The molecule has 3 heterocycles. The van der Waals surface area contributed by atoms with Gasteiger partial charge in [0.2, 0.25) is 0 Å². The Morgan fingerprint density at radius 1 is 1.35 bits per heavy atom. The van der Waals surface area contributed by atoms with E-state index in [9.17, 15) is 14.0 Å². The van der Waals surface area contributed by atoms with Crippen molar-refractivity contribution < 1.29 is 23.1 Å². The number of hydrogen-bond donors (Lipinski definition) is 4. The number of likely N-dealkylation sites (tertiary alicyclic amines) is 1. The lowest BCUT2D eigenvalue weighted by molar-refractivity contribution is -0.110. The second-order valence-corrected chi connectivity index (χ2v) is 10.0. The number of halogens is 2. The number of carbonyl (C=O) groups excluding carboxylic acids is 2. The lowest BCUT2D eigenvalue weighted by Crippen LogP contribution is -2.47. The Morgan fingerprint density at radius 3 is 2.84 bits per heavy atom. The number of aromatic nitrogens is 2. The first-order valence-electron chi connectivity index (χ1n) is 11.6. The fraction of sp³-hybridized carbons (Fsp3) is 0.375. The summed E-state index contributed by atoms with van der Waals surface area (Å²) in [5, 5.41) is 14.3. The van der Waals surface area contributed by atoms with Gasteiger partial charge in [-0.3, -0.25) is 15.5 Å². The van der Waals surface area contributed by atoms with Crippen molar-refractivity contribution in [3.05, 3.63) is 40.8 Å². The third-order valence-corrected chi connectivity index (χ3v) is 5.82. The van der Waals surface area contributed by atoms with Gasteiger partial charge in [-0.1, -0.05) is 11.6 Å². The minimum Gasteiger partial charge on any atom is -0.444 e. The van der Waals surface area contributed by atoms with Crippen LogP contribution in [0.15, 0.2) is 28.8 Å². The topological polar surface area (TPSA) is 159 Å². The highest BCUT2D eigenvalue weighted by Crippen LogP contribution is 2.32. The molecular formula is C24H27ClFN7O4. The molecule has 1 aromatic carbocycles. The van der Waals surface area contributed by atoms with Crippen LogP contribution < -0.4 is 16.4 Å². The number of pyridine rings is 1. The molecule has 0 spiro atoms. The van der Waals surface area contributed by atoms with Gasteiger partial charge in [-0.2, -0.15) is 4.98 Å². The van der Waals surface area contributed by atoms with Gasteiger partial charge >= 0.3 is 12.1 Å². The van der Waals surface area contributed by atoms with Gasteiger partial charge in [-0.15, -0.1) is 0 Å². The number of nitrogens with zero attached hydrogens (tertiary/aromatic N) is 3. The number of nitrogen functional groups attached to an aromatic ring is 1. The van der Waals surface area contributed by atoms with E-state index in [4.69, 9.17) is 31.9 Å². The summed E-state index contributed by atoms with van der Waals surface area (Å²) in [6.45, 7) is 6.26. The number of amides is 2. The molecule has 1 aliphatic rings. The van der Waals surface area contributed by atoms with Crippen molar-refractivity contribution in [2.24, 2.45) is 0 Å². The normalized spacial score (nSPS) is 15.9. The molecule has 0 radical (unpaired) electrons. The monoisotopic (exact) mass is 531 g/mol. The number of oxazole rings is 1. The molecule has 2 aromatic heterocycles. The Bertz CT molecular complexity index is 1370. The Balaban J connectivity index is 1.53. The van der Waals surface area contributed by atoms with Gasteiger partial charge in [0.1, 0.15) is 28.5 Å². The van der Waals surface area contributed by atoms with E-state index in [2.05, 4.69) is 20.6 Å². The fourth-order valence-corrected chi connectivity index (χ4v) is 4.11. The lowest BCUT2D eigenvalue weighted by atomic mass is 10.0. The number of nitrogens with one attached hydrogen (secondary N) is 3. The van der Waals surface area contributed by atoms with Gasteiger partial charge < -0.3 is 25.1 Å². The molecule has 3 aromatic rings. The highest BCUT2D eigenvalue weighted by molar-refractivity contribution is 6.50. The van der Waals surface area contributed by atoms with Crippen LogP contribution >= 0.6 is 11.6 Å². The zero-order valence-corrected chi connectivity index (χ0v) is 21.3. The number of hydrogen-bond acceptors (Lipinski definition) is 9. The Kier molecular flexibility index (Phi) is 7.21. The predicted molar refractivity (Wildman–Crippen MR) is 138 cm³/mol. The molecule has 0 bridgehead atoms. The highest BCUT2D eigenvalue weighted by atomic mass is 35.5. The van der Waals surface area contributed by atoms with E-state index < -0.39 is 29.1 Å². The molecule has 196 valence electrons. The van der Waals surface area contributed by atoms with Crippen LogP contribution in [-0.2, 0) is 9.53 Å². The summed E-state index contributed by atoms with van der Waals surface area (Å²) in [5.41, 5.74) is 5.59. The van der Waals surface area contributed by atoms with Crippen molar-refractivity contribution in [2.45, 2.75) is 45.3 Å². The molecule has 1 atom stereocenters. The van der Waals surface area contributed by atoms with Crippen LogP contribution in [0.25, 0.3) is 11.1 Å². The van der Waals surface area contributed by atoms with Gasteiger partial charge in [-0.25, -0.2) is 14.2 Å². The highest BCUT2D eigenvalue weighted by Gasteiger charge is 2.30. The third-order valence-electron chi connectivity index (χ3n) is 5.53. The summed E-state index contributed by atoms with van der Waals surface area (Å²) in [5.74, 6) is -1.48. The molecule has 37 heavy (non-hydrogen) atoms. The van der Waals surface area contributed by atoms with Crippen LogP contribution in [-0.4, -0.2) is 57.3 Å². The number of nitrogens with two attached hydrogens (primary N) is 1. The average Bonchev–Trinajstić information content (AvgIpc) is 3.21. The van der Waals surface area contributed by atoms with Crippen molar-refractivity contribution in [1.82, 2.24) is 14.9 Å². The van der Waals surface area contributed by atoms with E-state index in [1.165, 1.54) is 18.3 Å². The van der Waals surface area contributed by atoms with Crippen LogP contribution in [0.1, 0.15) is 39.2 Å². The van der Waals surface area contributed by atoms with E-state index in [1.807, 2.05) is 0 Å². The van der Waals surface area contributed by atoms with Crippen molar-refractivity contribution in [1.29, 1.82) is 5.41 Å². The maximum atomic E-state index is 13.4. The second kappa shape index (κ2) is 10.2.